The molecule has 0 saturated carbocycles. The number of morpholine rings is 1. The Morgan fingerprint density at radius 3 is 2.86 bits per heavy atom. The minimum absolute atomic E-state index is 0.0320. The zero-order valence-corrected chi connectivity index (χ0v) is 12.6. The molecule has 2 heterocycles. The van der Waals surface area contributed by atoms with Crippen LogP contribution in [0.4, 0.5) is 19.0 Å². The van der Waals surface area contributed by atoms with E-state index in [9.17, 15) is 18.3 Å². The number of hydrogen-bond acceptors (Lipinski definition) is 5. The van der Waals surface area contributed by atoms with Crippen LogP contribution in [0, 0.1) is 0 Å². The van der Waals surface area contributed by atoms with Gasteiger partial charge in [0.25, 0.3) is 0 Å². The van der Waals surface area contributed by atoms with Crippen molar-refractivity contribution >= 4 is 17.4 Å². The van der Waals surface area contributed by atoms with Crippen molar-refractivity contribution in [3.05, 3.63) is 22.8 Å². The number of aliphatic hydroxyl groups excluding tert-OH is 1. The SMILES string of the molecule is C[C@@H]1COC[C@@](CO)(CNc2ccc(Cl)c(C(F)(F)F)n2)N1. The number of alkyl halides is 3. The molecule has 124 valence electrons. The average Bonchev–Trinajstić information content (AvgIpc) is 2.45. The number of halogens is 4. The molecule has 22 heavy (non-hydrogen) atoms. The molecule has 0 unspecified atom stereocenters. The van der Waals surface area contributed by atoms with E-state index in [1.165, 1.54) is 6.07 Å². The molecular weight excluding hydrogens is 323 g/mol. The van der Waals surface area contributed by atoms with Gasteiger partial charge in [0.15, 0.2) is 5.69 Å². The first-order chi connectivity index (χ1) is 10.3. The third kappa shape index (κ3) is 4.01. The molecule has 0 radical (unpaired) electrons. The molecule has 2 atom stereocenters. The second-order valence-electron chi connectivity index (χ2n) is 5.38. The highest BCUT2D eigenvalue weighted by Crippen LogP contribution is 2.33. The van der Waals surface area contributed by atoms with E-state index in [1.54, 1.807) is 0 Å². The van der Waals surface area contributed by atoms with Crippen molar-refractivity contribution in [1.29, 1.82) is 0 Å². The van der Waals surface area contributed by atoms with Gasteiger partial charge in [0.05, 0.1) is 30.4 Å². The lowest BCUT2D eigenvalue weighted by molar-refractivity contribution is -0.141. The van der Waals surface area contributed by atoms with Gasteiger partial charge in [-0.05, 0) is 19.1 Å². The number of hydrogen-bond donors (Lipinski definition) is 3. The first-order valence-electron chi connectivity index (χ1n) is 6.70. The number of nitrogens with one attached hydrogen (secondary N) is 2. The third-order valence-corrected chi connectivity index (χ3v) is 3.63. The minimum Gasteiger partial charge on any atom is -0.394 e. The number of ether oxygens (including phenoxy) is 1. The topological polar surface area (TPSA) is 66.4 Å². The van der Waals surface area contributed by atoms with Crippen molar-refractivity contribution in [3.63, 3.8) is 0 Å². The van der Waals surface area contributed by atoms with Crippen molar-refractivity contribution in [3.8, 4) is 0 Å². The van der Waals surface area contributed by atoms with E-state index in [0.717, 1.165) is 6.07 Å². The van der Waals surface area contributed by atoms with E-state index in [4.69, 9.17) is 16.3 Å². The first-order valence-corrected chi connectivity index (χ1v) is 7.07. The Morgan fingerprint density at radius 2 is 2.27 bits per heavy atom. The van der Waals surface area contributed by atoms with Crippen LogP contribution in [-0.2, 0) is 10.9 Å². The van der Waals surface area contributed by atoms with Gasteiger partial charge in [-0.2, -0.15) is 13.2 Å². The molecule has 0 spiro atoms. The van der Waals surface area contributed by atoms with Crippen molar-refractivity contribution in [1.82, 2.24) is 10.3 Å². The maximum atomic E-state index is 12.8. The van der Waals surface area contributed by atoms with Gasteiger partial charge in [0.2, 0.25) is 0 Å². The molecule has 1 fully saturated rings. The largest absolute Gasteiger partial charge is 0.434 e. The van der Waals surface area contributed by atoms with Crippen LogP contribution in [0.25, 0.3) is 0 Å². The number of aliphatic hydroxyl groups is 1. The molecule has 0 aromatic carbocycles. The summed E-state index contributed by atoms with van der Waals surface area (Å²) >= 11 is 5.52. The molecule has 5 nitrogen and oxygen atoms in total. The number of pyridine rings is 1. The van der Waals surface area contributed by atoms with Crippen LogP contribution in [0.2, 0.25) is 5.02 Å². The highest BCUT2D eigenvalue weighted by Gasteiger charge is 2.37. The van der Waals surface area contributed by atoms with Gasteiger partial charge in [-0.1, -0.05) is 11.6 Å². The highest BCUT2D eigenvalue weighted by atomic mass is 35.5. The Hall–Kier alpha value is -1.09. The van der Waals surface area contributed by atoms with Crippen LogP contribution in [-0.4, -0.2) is 48.0 Å². The van der Waals surface area contributed by atoms with Gasteiger partial charge < -0.3 is 20.5 Å². The highest BCUT2D eigenvalue weighted by molar-refractivity contribution is 6.31. The van der Waals surface area contributed by atoms with Crippen molar-refractivity contribution in [2.45, 2.75) is 24.7 Å². The predicted octanol–water partition coefficient (Wildman–Crippen LogP) is 1.91. The quantitative estimate of drug-likeness (QED) is 0.782. The molecule has 1 aliphatic rings. The van der Waals surface area contributed by atoms with Crippen LogP contribution in [0.3, 0.4) is 0 Å². The summed E-state index contributed by atoms with van der Waals surface area (Å²) in [6.07, 6.45) is -4.62. The Morgan fingerprint density at radius 1 is 1.55 bits per heavy atom. The molecule has 0 amide bonds. The monoisotopic (exact) mass is 339 g/mol. The van der Waals surface area contributed by atoms with E-state index in [1.807, 2.05) is 6.92 Å². The fourth-order valence-electron chi connectivity index (χ4n) is 2.29. The van der Waals surface area contributed by atoms with Crippen LogP contribution in [0.15, 0.2) is 12.1 Å². The lowest BCUT2D eigenvalue weighted by Crippen LogP contribution is -2.63. The van der Waals surface area contributed by atoms with Crippen molar-refractivity contribution in [2.75, 3.05) is 31.7 Å². The molecule has 1 saturated heterocycles. The fraction of sp³-hybridized carbons (Fsp3) is 0.615. The molecule has 0 bridgehead atoms. The summed E-state index contributed by atoms with van der Waals surface area (Å²) < 4.78 is 43.7. The summed E-state index contributed by atoms with van der Waals surface area (Å²) in [7, 11) is 0. The number of nitrogens with zero attached hydrogens (tertiary/aromatic N) is 1. The normalized spacial score (nSPS) is 26.0. The predicted molar refractivity (Wildman–Crippen MR) is 76.0 cm³/mol. The lowest BCUT2D eigenvalue weighted by atomic mass is 9.99. The standard InChI is InChI=1S/C13H17ClF3N3O2/c1-8-4-22-7-12(6-21,20-8)5-18-10-3-2-9(14)11(19-10)13(15,16)17/h2-3,8,20-21H,4-7H2,1H3,(H,18,19)/t8-,12+/m1/s1. The van der Waals surface area contributed by atoms with Crippen molar-refractivity contribution < 1.29 is 23.0 Å². The second-order valence-corrected chi connectivity index (χ2v) is 5.78. The maximum absolute atomic E-state index is 12.8. The van der Waals surface area contributed by atoms with Gasteiger partial charge in [-0.25, -0.2) is 4.98 Å². The molecular formula is C13H17ClF3N3O2. The summed E-state index contributed by atoms with van der Waals surface area (Å²) in [6, 6.07) is 2.53. The van der Waals surface area contributed by atoms with Gasteiger partial charge >= 0.3 is 6.18 Å². The van der Waals surface area contributed by atoms with Gasteiger partial charge in [-0.3, -0.25) is 0 Å². The molecule has 0 aliphatic carbocycles. The average molecular weight is 340 g/mol. The molecule has 9 heteroatoms. The number of aromatic nitrogens is 1. The first kappa shape index (κ1) is 17.3. The summed E-state index contributed by atoms with van der Waals surface area (Å²) in [5.74, 6) is 0.0320. The molecule has 1 aromatic rings. The second kappa shape index (κ2) is 6.57. The van der Waals surface area contributed by atoms with Crippen LogP contribution in [0.5, 0.6) is 0 Å². The molecule has 1 aromatic heterocycles. The van der Waals surface area contributed by atoms with Gasteiger partial charge in [-0.15, -0.1) is 0 Å². The van der Waals surface area contributed by atoms with E-state index in [-0.39, 0.29) is 31.6 Å². The summed E-state index contributed by atoms with van der Waals surface area (Å²) in [5.41, 5.74) is -1.91. The molecule has 3 N–H and O–H groups in total. The molecule has 1 aliphatic heterocycles. The van der Waals surface area contributed by atoms with E-state index >= 15 is 0 Å². The zero-order chi connectivity index (χ0) is 16.4. The Balaban J connectivity index is 2.11. The fourth-order valence-corrected chi connectivity index (χ4v) is 2.50. The van der Waals surface area contributed by atoms with Gasteiger partial charge in [0.1, 0.15) is 5.82 Å². The van der Waals surface area contributed by atoms with E-state index in [0.29, 0.717) is 6.61 Å². The maximum Gasteiger partial charge on any atom is 0.434 e. The van der Waals surface area contributed by atoms with Crippen LogP contribution < -0.4 is 10.6 Å². The van der Waals surface area contributed by atoms with E-state index < -0.39 is 22.4 Å². The van der Waals surface area contributed by atoms with E-state index in [2.05, 4.69) is 15.6 Å². The Bertz CT molecular complexity index is 530. The molecule has 2 rings (SSSR count). The number of anilines is 1. The van der Waals surface area contributed by atoms with Crippen LogP contribution in [0.1, 0.15) is 12.6 Å². The summed E-state index contributed by atoms with van der Waals surface area (Å²) in [5, 5.41) is 15.1. The third-order valence-electron chi connectivity index (χ3n) is 3.32. The smallest absolute Gasteiger partial charge is 0.394 e. The number of rotatable bonds is 4. The van der Waals surface area contributed by atoms with Gasteiger partial charge in [0, 0.05) is 12.6 Å². The van der Waals surface area contributed by atoms with Crippen LogP contribution >= 0.6 is 11.6 Å². The Kier molecular flexibility index (Phi) is 5.16. The zero-order valence-electron chi connectivity index (χ0n) is 11.9. The summed E-state index contributed by atoms with van der Waals surface area (Å²) in [6.45, 7) is 2.61. The Labute approximate surface area is 130 Å². The lowest BCUT2D eigenvalue weighted by Gasteiger charge is -2.40. The minimum atomic E-state index is -4.62. The summed E-state index contributed by atoms with van der Waals surface area (Å²) in [4.78, 5) is 3.49. The van der Waals surface area contributed by atoms with Crippen molar-refractivity contribution in [2.24, 2.45) is 0 Å².